The Morgan fingerprint density at radius 3 is 2.92 bits per heavy atom. The highest BCUT2D eigenvalue weighted by Crippen LogP contribution is 2.18. The SMILES string of the molecule is CC(C)c1cnc2c[nH]cc2c1. The molecule has 2 rings (SSSR count). The third-order valence-corrected chi connectivity index (χ3v) is 2.10. The largest absolute Gasteiger partial charge is 0.365 e. The molecule has 2 aromatic rings. The van der Waals surface area contributed by atoms with Crippen LogP contribution < -0.4 is 0 Å². The number of aromatic nitrogens is 2. The molecule has 12 heavy (non-hydrogen) atoms. The molecular formula is C10H12N2. The summed E-state index contributed by atoms with van der Waals surface area (Å²) in [4.78, 5) is 7.37. The number of hydrogen-bond donors (Lipinski definition) is 1. The van der Waals surface area contributed by atoms with Crippen molar-refractivity contribution in [3.8, 4) is 0 Å². The summed E-state index contributed by atoms with van der Waals surface area (Å²) in [7, 11) is 0. The predicted octanol–water partition coefficient (Wildman–Crippen LogP) is 2.69. The Morgan fingerprint density at radius 1 is 1.33 bits per heavy atom. The second-order valence-electron chi connectivity index (χ2n) is 3.35. The van der Waals surface area contributed by atoms with Crippen molar-refractivity contribution in [3.63, 3.8) is 0 Å². The highest BCUT2D eigenvalue weighted by Gasteiger charge is 2.01. The summed E-state index contributed by atoms with van der Waals surface area (Å²) in [5.74, 6) is 0.553. The van der Waals surface area contributed by atoms with Gasteiger partial charge in [-0.1, -0.05) is 13.8 Å². The fraction of sp³-hybridized carbons (Fsp3) is 0.300. The molecule has 0 aliphatic carbocycles. The van der Waals surface area contributed by atoms with Gasteiger partial charge in [0, 0.05) is 24.0 Å². The van der Waals surface area contributed by atoms with Crippen LogP contribution in [0.3, 0.4) is 0 Å². The number of aromatic amines is 1. The third kappa shape index (κ3) is 1.09. The molecule has 0 aromatic carbocycles. The zero-order chi connectivity index (χ0) is 8.55. The molecule has 0 atom stereocenters. The molecule has 0 saturated carbocycles. The molecule has 2 nitrogen and oxygen atoms in total. The molecule has 0 unspecified atom stereocenters. The van der Waals surface area contributed by atoms with Crippen LogP contribution in [0.2, 0.25) is 0 Å². The van der Waals surface area contributed by atoms with Crippen molar-refractivity contribution in [2.75, 3.05) is 0 Å². The van der Waals surface area contributed by atoms with E-state index < -0.39 is 0 Å². The van der Waals surface area contributed by atoms with E-state index in [-0.39, 0.29) is 0 Å². The number of rotatable bonds is 1. The van der Waals surface area contributed by atoms with E-state index in [1.54, 1.807) is 0 Å². The van der Waals surface area contributed by atoms with Crippen LogP contribution in [0, 0.1) is 0 Å². The minimum Gasteiger partial charge on any atom is -0.365 e. The Kier molecular flexibility index (Phi) is 1.61. The Hall–Kier alpha value is -1.31. The number of nitrogens with zero attached hydrogens (tertiary/aromatic N) is 1. The van der Waals surface area contributed by atoms with Gasteiger partial charge in [-0.3, -0.25) is 4.98 Å². The van der Waals surface area contributed by atoms with Crippen LogP contribution in [0.4, 0.5) is 0 Å². The lowest BCUT2D eigenvalue weighted by Gasteiger charge is -2.02. The van der Waals surface area contributed by atoms with Crippen LogP contribution in [0.25, 0.3) is 10.9 Å². The minimum atomic E-state index is 0.553. The van der Waals surface area contributed by atoms with Crippen LogP contribution in [-0.4, -0.2) is 9.97 Å². The van der Waals surface area contributed by atoms with Crippen molar-refractivity contribution in [2.45, 2.75) is 19.8 Å². The lowest BCUT2D eigenvalue weighted by Crippen LogP contribution is -1.87. The normalized spacial score (nSPS) is 11.2. The fourth-order valence-electron chi connectivity index (χ4n) is 1.27. The highest BCUT2D eigenvalue weighted by atomic mass is 14.7. The number of H-pyrrole nitrogens is 1. The molecular weight excluding hydrogens is 148 g/mol. The van der Waals surface area contributed by atoms with Crippen molar-refractivity contribution in [2.24, 2.45) is 0 Å². The van der Waals surface area contributed by atoms with E-state index in [0.29, 0.717) is 5.92 Å². The Morgan fingerprint density at radius 2 is 2.17 bits per heavy atom. The van der Waals surface area contributed by atoms with Crippen molar-refractivity contribution in [1.82, 2.24) is 9.97 Å². The van der Waals surface area contributed by atoms with E-state index in [2.05, 4.69) is 29.9 Å². The van der Waals surface area contributed by atoms with E-state index in [1.807, 2.05) is 18.6 Å². The Balaban J connectivity index is 2.60. The van der Waals surface area contributed by atoms with Gasteiger partial charge in [0.05, 0.1) is 5.52 Å². The number of nitrogens with one attached hydrogen (secondary N) is 1. The van der Waals surface area contributed by atoms with Gasteiger partial charge in [0.15, 0.2) is 0 Å². The summed E-state index contributed by atoms with van der Waals surface area (Å²) >= 11 is 0. The molecule has 1 N–H and O–H groups in total. The highest BCUT2D eigenvalue weighted by molar-refractivity contribution is 5.78. The maximum absolute atomic E-state index is 4.33. The molecule has 2 aromatic heterocycles. The average Bonchev–Trinajstić information content (AvgIpc) is 2.49. The molecule has 0 fully saturated rings. The molecule has 0 bridgehead atoms. The van der Waals surface area contributed by atoms with Crippen LogP contribution >= 0.6 is 0 Å². The first-order valence-electron chi connectivity index (χ1n) is 4.20. The molecule has 0 amide bonds. The predicted molar refractivity (Wildman–Crippen MR) is 50.2 cm³/mol. The maximum Gasteiger partial charge on any atom is 0.0876 e. The first kappa shape index (κ1) is 7.35. The standard InChI is InChI=1S/C10H12N2/c1-7(2)8-3-9-4-11-6-10(9)12-5-8/h3-7,11H,1-2H3. The summed E-state index contributed by atoms with van der Waals surface area (Å²) in [5, 5.41) is 1.20. The van der Waals surface area contributed by atoms with Gasteiger partial charge in [0.25, 0.3) is 0 Å². The van der Waals surface area contributed by atoms with Gasteiger partial charge in [-0.25, -0.2) is 0 Å². The van der Waals surface area contributed by atoms with Gasteiger partial charge in [0.2, 0.25) is 0 Å². The molecule has 0 radical (unpaired) electrons. The monoisotopic (exact) mass is 160 g/mol. The summed E-state index contributed by atoms with van der Waals surface area (Å²) < 4.78 is 0. The summed E-state index contributed by atoms with van der Waals surface area (Å²) in [6.45, 7) is 4.35. The average molecular weight is 160 g/mol. The number of hydrogen-bond acceptors (Lipinski definition) is 1. The van der Waals surface area contributed by atoms with Crippen LogP contribution in [-0.2, 0) is 0 Å². The van der Waals surface area contributed by atoms with E-state index >= 15 is 0 Å². The zero-order valence-corrected chi connectivity index (χ0v) is 7.33. The van der Waals surface area contributed by atoms with Crippen molar-refractivity contribution >= 4 is 10.9 Å². The van der Waals surface area contributed by atoms with Gasteiger partial charge in [-0.15, -0.1) is 0 Å². The summed E-state index contributed by atoms with van der Waals surface area (Å²) in [6.07, 6.45) is 5.84. The first-order valence-corrected chi connectivity index (χ1v) is 4.20. The zero-order valence-electron chi connectivity index (χ0n) is 7.33. The van der Waals surface area contributed by atoms with Crippen LogP contribution in [0.15, 0.2) is 24.7 Å². The summed E-state index contributed by atoms with van der Waals surface area (Å²) in [6, 6.07) is 2.18. The second-order valence-corrected chi connectivity index (χ2v) is 3.35. The number of pyridine rings is 1. The molecule has 62 valence electrons. The van der Waals surface area contributed by atoms with Crippen molar-refractivity contribution < 1.29 is 0 Å². The molecule has 0 aliphatic heterocycles. The van der Waals surface area contributed by atoms with Crippen molar-refractivity contribution in [3.05, 3.63) is 30.2 Å². The maximum atomic E-state index is 4.33. The minimum absolute atomic E-state index is 0.553. The fourth-order valence-corrected chi connectivity index (χ4v) is 1.27. The second kappa shape index (κ2) is 2.63. The third-order valence-electron chi connectivity index (χ3n) is 2.10. The van der Waals surface area contributed by atoms with Crippen LogP contribution in [0.5, 0.6) is 0 Å². The Labute approximate surface area is 71.6 Å². The van der Waals surface area contributed by atoms with Crippen LogP contribution in [0.1, 0.15) is 25.3 Å². The Bertz CT molecular complexity index is 387. The molecule has 2 heterocycles. The lowest BCUT2D eigenvalue weighted by atomic mass is 10.1. The van der Waals surface area contributed by atoms with Gasteiger partial charge < -0.3 is 4.98 Å². The van der Waals surface area contributed by atoms with Gasteiger partial charge in [0.1, 0.15) is 0 Å². The lowest BCUT2D eigenvalue weighted by molar-refractivity contribution is 0.862. The molecule has 2 heteroatoms. The van der Waals surface area contributed by atoms with Gasteiger partial charge in [-0.05, 0) is 17.5 Å². The molecule has 0 aliphatic rings. The van der Waals surface area contributed by atoms with Crippen molar-refractivity contribution in [1.29, 1.82) is 0 Å². The van der Waals surface area contributed by atoms with E-state index in [1.165, 1.54) is 10.9 Å². The first-order chi connectivity index (χ1) is 5.77. The smallest absolute Gasteiger partial charge is 0.0876 e. The molecule has 0 saturated heterocycles. The quantitative estimate of drug-likeness (QED) is 0.682. The molecule has 0 spiro atoms. The van der Waals surface area contributed by atoms with E-state index in [4.69, 9.17) is 0 Å². The van der Waals surface area contributed by atoms with E-state index in [0.717, 1.165) is 5.52 Å². The van der Waals surface area contributed by atoms with Gasteiger partial charge in [-0.2, -0.15) is 0 Å². The van der Waals surface area contributed by atoms with E-state index in [9.17, 15) is 0 Å². The summed E-state index contributed by atoms with van der Waals surface area (Å²) in [5.41, 5.74) is 2.33. The topological polar surface area (TPSA) is 28.7 Å². The number of fused-ring (bicyclic) bond motifs is 1. The van der Waals surface area contributed by atoms with Gasteiger partial charge >= 0.3 is 0 Å².